The minimum absolute atomic E-state index is 0.0244. The van der Waals surface area contributed by atoms with Gasteiger partial charge in [0.15, 0.2) is 12.3 Å². The lowest BCUT2D eigenvalue weighted by molar-refractivity contribution is -0.265. The summed E-state index contributed by atoms with van der Waals surface area (Å²) in [5.74, 6) is -7.60. The Morgan fingerprint density at radius 1 is 0.770 bits per heavy atom. The van der Waals surface area contributed by atoms with Crippen LogP contribution in [0.15, 0.2) is 84.1 Å². The van der Waals surface area contributed by atoms with Gasteiger partial charge in [0.1, 0.15) is 47.8 Å². The number of carbonyl (C=O) groups excluding carboxylic acids is 5. The first-order chi connectivity index (χ1) is 58.8. The Hall–Kier alpha value is -7.66. The molecule has 684 valence electrons. The van der Waals surface area contributed by atoms with Gasteiger partial charge in [-0.3, -0.25) is 19.2 Å². The minimum Gasteiger partial charge on any atom is -0.459 e. The molecule has 0 unspecified atom stereocenters. The van der Waals surface area contributed by atoms with Crippen LogP contribution >= 0.6 is 0 Å². The van der Waals surface area contributed by atoms with E-state index < -0.39 is 115 Å². The highest BCUT2D eigenvalue weighted by atomic mass is 16.6. The summed E-state index contributed by atoms with van der Waals surface area (Å²) >= 11 is 0. The summed E-state index contributed by atoms with van der Waals surface area (Å²) in [7, 11) is 3.09. The first kappa shape index (κ1) is 101. The molecule has 6 heterocycles. The fourth-order valence-electron chi connectivity index (χ4n) is 15.2. The smallest absolute Gasteiger partial charge is 0.329 e. The van der Waals surface area contributed by atoms with Gasteiger partial charge in [0.25, 0.3) is 17.6 Å². The van der Waals surface area contributed by atoms with Crippen LogP contribution in [0.25, 0.3) is 33.3 Å². The second kappa shape index (κ2) is 55.0. The van der Waals surface area contributed by atoms with E-state index in [4.69, 9.17) is 78.2 Å². The van der Waals surface area contributed by atoms with E-state index in [1.807, 2.05) is 62.9 Å². The molecular formula is C87H138N12O23. The van der Waals surface area contributed by atoms with Gasteiger partial charge in [-0.1, -0.05) is 76.7 Å². The Morgan fingerprint density at radius 2 is 1.42 bits per heavy atom. The van der Waals surface area contributed by atoms with Crippen LogP contribution in [0.5, 0.6) is 0 Å². The lowest BCUT2D eigenvalue weighted by Gasteiger charge is -2.42. The fraction of sp³-hybridized carbons (Fsp3) is 0.701. The van der Waals surface area contributed by atoms with Crippen LogP contribution < -0.4 is 22.1 Å². The number of aryl methyl sites for hydroxylation is 1. The lowest BCUT2D eigenvalue weighted by atomic mass is 9.80. The van der Waals surface area contributed by atoms with Crippen molar-refractivity contribution in [2.24, 2.45) is 40.5 Å². The number of oxime groups is 1. The number of nitrogens with zero attached hydrogens (tertiary/aromatic N) is 7. The molecule has 2 aliphatic heterocycles. The number of nitrogens with one attached hydrogen (secondary N) is 3. The van der Waals surface area contributed by atoms with Crippen LogP contribution in [0.1, 0.15) is 145 Å². The SMILES string of the molecule is C=C/C=C/C=C(\C)[C@H](C[C@@H]1CC[C@@H](C)[C@](O)(C(=O)C(=O)N2CCCC[C@H]2C(=O)O[C@@H](C[C@@H](O)[C@H](C)/C=C(\C)[C@@H](O)[C@@H](O)/C(=N/OCC(=O)NCCOCCOCCOCCOCCOCCOCCOCCOCCC(=O)NCCCCn2nc(-c3cnc4[nH]ccc4c3)c3c(N)ncnc32)[C@H](C)CC(C)C)[C@H](N)C[C@@H]2CC[C@@H](O)[C@H](OC)C2)O1)OC. The number of nitrogen functional groups attached to an aromatic ring is 1. The predicted octanol–water partition coefficient (Wildman–Crippen LogP) is 5.95. The fourth-order valence-corrected chi connectivity index (χ4v) is 15.2. The number of piperidine rings is 1. The van der Waals surface area contributed by atoms with Gasteiger partial charge < -0.3 is 119 Å². The van der Waals surface area contributed by atoms with Gasteiger partial charge in [0, 0.05) is 107 Å². The highest BCUT2D eigenvalue weighted by molar-refractivity contribution is 6.39. The molecule has 3 aliphatic rings. The largest absolute Gasteiger partial charge is 0.459 e. The van der Waals surface area contributed by atoms with E-state index in [0.717, 1.165) is 39.9 Å². The zero-order chi connectivity index (χ0) is 88.4. The lowest BCUT2D eigenvalue weighted by Crippen LogP contribution is -2.61. The summed E-state index contributed by atoms with van der Waals surface area (Å²) in [5, 5.41) is 74.4. The van der Waals surface area contributed by atoms with E-state index in [9.17, 15) is 49.5 Å². The topological polar surface area (TPSA) is 470 Å². The molecule has 3 fully saturated rings. The third-order valence-corrected chi connectivity index (χ3v) is 22.3. The van der Waals surface area contributed by atoms with Crippen molar-refractivity contribution in [3.63, 3.8) is 0 Å². The number of allylic oxidation sites excluding steroid dienone is 4. The summed E-state index contributed by atoms with van der Waals surface area (Å²) < 4.78 is 70.2. The van der Waals surface area contributed by atoms with Crippen molar-refractivity contribution in [2.75, 3.05) is 152 Å². The molecule has 122 heavy (non-hydrogen) atoms. The Morgan fingerprint density at radius 3 is 2.06 bits per heavy atom. The maximum absolute atomic E-state index is 14.6. The van der Waals surface area contributed by atoms with Crippen LogP contribution in [-0.4, -0.2) is 308 Å². The van der Waals surface area contributed by atoms with Crippen molar-refractivity contribution in [3.8, 4) is 11.3 Å². The monoisotopic (exact) mass is 1720 g/mol. The number of esters is 1. The maximum Gasteiger partial charge on any atom is 0.329 e. The van der Waals surface area contributed by atoms with Crippen LogP contribution in [-0.2, 0) is 92.2 Å². The Balaban J connectivity index is 0.712. The van der Waals surface area contributed by atoms with Crippen LogP contribution in [0, 0.1) is 29.6 Å². The van der Waals surface area contributed by atoms with Gasteiger partial charge in [-0.05, 0) is 126 Å². The second-order valence-electron chi connectivity index (χ2n) is 32.1. The molecule has 0 bridgehead atoms. The molecule has 4 aromatic heterocycles. The molecule has 4 aromatic rings. The number of carbonyl (C=O) groups is 5. The number of ether oxygens (including phenoxy) is 12. The second-order valence-corrected chi connectivity index (χ2v) is 32.1. The van der Waals surface area contributed by atoms with E-state index in [0.29, 0.717) is 186 Å². The molecule has 1 saturated carbocycles. The van der Waals surface area contributed by atoms with Gasteiger partial charge in [-0.15, -0.1) is 0 Å². The number of ketones is 1. The Labute approximate surface area is 717 Å². The number of aromatic amines is 1. The number of Topliss-reactive ketones (excluding diaryl/α,β-unsaturated/α-hetero) is 1. The Kier molecular flexibility index (Phi) is 45.7. The van der Waals surface area contributed by atoms with Gasteiger partial charge in [-0.2, -0.15) is 5.10 Å². The maximum atomic E-state index is 14.6. The van der Waals surface area contributed by atoms with Crippen molar-refractivity contribution < 1.29 is 111 Å². The molecule has 0 radical (unpaired) electrons. The number of hydrogen-bond donors (Lipinski definition) is 10. The van der Waals surface area contributed by atoms with Crippen molar-refractivity contribution in [3.05, 3.63) is 79.0 Å². The molecule has 7 rings (SSSR count). The molecule has 15 atom stereocenters. The number of fused-ring (bicyclic) bond motifs is 2. The Bertz CT molecular complexity index is 3920. The number of aliphatic hydroxyl groups excluding tert-OH is 4. The number of nitrogens with two attached hydrogens (primary N) is 2. The summed E-state index contributed by atoms with van der Waals surface area (Å²) in [4.78, 5) is 91.5. The normalized spacial score (nSPS) is 21.5. The summed E-state index contributed by atoms with van der Waals surface area (Å²) in [5.41, 5.74) is 17.4. The van der Waals surface area contributed by atoms with E-state index >= 15 is 0 Å². The van der Waals surface area contributed by atoms with E-state index in [1.54, 1.807) is 52.3 Å². The molecule has 1 aliphatic carbocycles. The highest BCUT2D eigenvalue weighted by Crippen LogP contribution is 2.38. The molecular weight excluding hydrogens is 1580 g/mol. The molecule has 35 nitrogen and oxygen atoms in total. The molecule has 35 heteroatoms. The number of hydrogen-bond acceptors (Lipinski definition) is 30. The van der Waals surface area contributed by atoms with Crippen LogP contribution in [0.4, 0.5) is 5.82 Å². The van der Waals surface area contributed by atoms with Crippen molar-refractivity contribution in [1.29, 1.82) is 0 Å². The number of pyridine rings is 1. The van der Waals surface area contributed by atoms with Gasteiger partial charge in [0.2, 0.25) is 11.7 Å². The number of rotatable bonds is 60. The molecule has 2 saturated heterocycles. The molecule has 0 spiro atoms. The van der Waals surface area contributed by atoms with Gasteiger partial charge in [0.05, 0.1) is 147 Å². The first-order valence-electron chi connectivity index (χ1n) is 43.2. The zero-order valence-corrected chi connectivity index (χ0v) is 73.0. The van der Waals surface area contributed by atoms with Gasteiger partial charge >= 0.3 is 5.97 Å². The van der Waals surface area contributed by atoms with Crippen LogP contribution in [0.3, 0.4) is 0 Å². The number of amides is 3. The van der Waals surface area contributed by atoms with Crippen molar-refractivity contribution >= 4 is 63.1 Å². The zero-order valence-electron chi connectivity index (χ0n) is 73.0. The number of aromatic nitrogens is 6. The standard InChI is InChI=1S/C87H138N12O23/c1-11-12-13-18-58(4)71(110-9)52-66-22-20-62(8)87(109,122-66)81(106)85(107)98-29-16-14-19-68(98)86(108)121-72(67(88)49-63-21-23-69(100)73(50-63)111-10)53-70(101)59(5)48-61(7)79(104)80(105)77(60(6)47-57(2)3)97-120-55-75(103)91-28-32-113-34-36-115-38-40-117-42-44-119-46-45-118-43-41-116-39-37-114-35-33-112-31-25-74(102)90-26-15-17-30-99-84-76(82(89)94-56-95-84)78(96-99)65-51-64-24-27-92-83(64)93-54-65/h11-13,18,24,27,48,51,54,56-57,59-60,62-63,66-73,79-80,100-101,104-105,109H,1,14-17,19-23,25-26,28-47,49-50,52-53,55,88H2,2-10H3,(H,90,102)(H,91,103)(H,92,93)(H2,89,94,95)/b13-12+,58-18+,61-48+,97-77+/t59-,60-,62-,63+,66+,67-,68+,69-,70-,71+,72+,73-,79-,80+,87-/m1/s1. The highest BCUT2D eigenvalue weighted by Gasteiger charge is 2.53. The number of methoxy groups -OCH3 is 2. The minimum atomic E-state index is -2.49. The molecule has 0 aromatic carbocycles. The van der Waals surface area contributed by atoms with Crippen molar-refractivity contribution in [2.45, 2.75) is 218 Å². The number of likely N-dealkylation sites (tertiary alicyclic amines) is 1. The first-order valence-corrected chi connectivity index (χ1v) is 43.2. The van der Waals surface area contributed by atoms with Crippen LogP contribution in [0.2, 0.25) is 0 Å². The quantitative estimate of drug-likeness (QED) is 0.00464. The predicted molar refractivity (Wildman–Crippen MR) is 457 cm³/mol. The average molecular weight is 1720 g/mol. The third kappa shape index (κ3) is 33.4. The van der Waals surface area contributed by atoms with E-state index in [-0.39, 0.29) is 81.2 Å². The summed E-state index contributed by atoms with van der Waals surface area (Å²) in [6, 6.07) is 1.86. The average Bonchev–Trinajstić information content (AvgIpc) is 1.38. The molecule has 3 amide bonds. The number of unbranched alkanes of at least 4 members (excludes halogenated alkanes) is 1. The third-order valence-electron chi connectivity index (χ3n) is 22.3. The molecule has 12 N–H and O–H groups in total. The summed E-state index contributed by atoms with van der Waals surface area (Å²) in [6.45, 7) is 22.9. The summed E-state index contributed by atoms with van der Waals surface area (Å²) in [6.07, 6.45) is 12.4. The van der Waals surface area contributed by atoms with Gasteiger partial charge in [-0.25, -0.2) is 24.4 Å². The van der Waals surface area contributed by atoms with Crippen molar-refractivity contribution in [1.82, 2.24) is 45.2 Å². The van der Waals surface area contributed by atoms with E-state index in [2.05, 4.69) is 42.3 Å². The van der Waals surface area contributed by atoms with E-state index in [1.165, 1.54) is 13.4 Å². The number of anilines is 1. The number of H-pyrrole nitrogens is 1. The number of aliphatic hydroxyl groups is 5.